The minimum atomic E-state index is 0.0487. The number of nitrogens with one attached hydrogen (secondary N) is 2. The Morgan fingerprint density at radius 1 is 1.42 bits per heavy atom. The van der Waals surface area contributed by atoms with Gasteiger partial charge in [-0.05, 0) is 24.1 Å². The third-order valence-electron chi connectivity index (χ3n) is 4.65. The Kier molecular flexibility index (Phi) is 6.54. The average molecular weight is 350 g/mol. The Balaban J connectivity index is 1.58. The van der Waals surface area contributed by atoms with E-state index in [1.54, 1.807) is 0 Å². The highest BCUT2D eigenvalue weighted by Gasteiger charge is 2.18. The lowest BCUT2D eigenvalue weighted by Gasteiger charge is -2.27. The summed E-state index contributed by atoms with van der Waals surface area (Å²) in [6, 6.07) is 6.32. The molecule has 1 amide bonds. The highest BCUT2D eigenvalue weighted by Crippen LogP contribution is 2.22. The first-order chi connectivity index (χ1) is 11.7. The van der Waals surface area contributed by atoms with E-state index in [0.29, 0.717) is 13.0 Å². The lowest BCUT2D eigenvalue weighted by atomic mass is 10.1. The number of hydrogen-bond donors (Lipinski definition) is 2. The van der Waals surface area contributed by atoms with Gasteiger partial charge in [-0.25, -0.2) is 0 Å². The fraction of sp³-hybridized carbons (Fsp3) is 0.611. The molecule has 1 unspecified atom stereocenters. The molecule has 5 nitrogen and oxygen atoms in total. The number of ether oxygens (including phenoxy) is 1. The second-order valence-electron chi connectivity index (χ2n) is 6.46. The Morgan fingerprint density at radius 2 is 2.25 bits per heavy atom. The lowest BCUT2D eigenvalue weighted by Crippen LogP contribution is -2.43. The van der Waals surface area contributed by atoms with Crippen LogP contribution in [-0.4, -0.2) is 61.2 Å². The SMILES string of the molecule is Cc1c(CN2CCSCC2)cccc1NC(=O)CC1COCCN1. The summed E-state index contributed by atoms with van der Waals surface area (Å²) in [7, 11) is 0. The van der Waals surface area contributed by atoms with Gasteiger partial charge < -0.3 is 15.4 Å². The first-order valence-electron chi connectivity index (χ1n) is 8.72. The maximum absolute atomic E-state index is 12.3. The van der Waals surface area contributed by atoms with Crippen LogP contribution in [0.25, 0.3) is 0 Å². The number of carbonyl (C=O) groups is 1. The second kappa shape index (κ2) is 8.85. The summed E-state index contributed by atoms with van der Waals surface area (Å²) in [5.74, 6) is 2.48. The number of thioether (sulfide) groups is 1. The standard InChI is InChI=1S/C18H27N3O2S/c1-14-15(12-21-6-9-24-10-7-21)3-2-4-17(14)20-18(22)11-16-13-23-8-5-19-16/h2-4,16,19H,5-13H2,1H3,(H,20,22). The van der Waals surface area contributed by atoms with E-state index in [1.165, 1.54) is 22.6 Å². The fourth-order valence-electron chi connectivity index (χ4n) is 3.17. The molecule has 132 valence electrons. The number of anilines is 1. The van der Waals surface area contributed by atoms with Crippen LogP contribution >= 0.6 is 11.8 Å². The Bertz CT molecular complexity index is 555. The molecule has 0 aliphatic carbocycles. The highest BCUT2D eigenvalue weighted by atomic mass is 32.2. The van der Waals surface area contributed by atoms with E-state index in [9.17, 15) is 4.79 Å². The Morgan fingerprint density at radius 3 is 3.00 bits per heavy atom. The highest BCUT2D eigenvalue weighted by molar-refractivity contribution is 7.99. The molecule has 2 aliphatic rings. The number of benzene rings is 1. The van der Waals surface area contributed by atoms with Crippen molar-refractivity contribution in [1.29, 1.82) is 0 Å². The molecule has 0 aromatic heterocycles. The number of carbonyl (C=O) groups excluding carboxylic acids is 1. The van der Waals surface area contributed by atoms with Gasteiger partial charge in [-0.1, -0.05) is 12.1 Å². The fourth-order valence-corrected chi connectivity index (χ4v) is 4.14. The molecular weight excluding hydrogens is 322 g/mol. The predicted octanol–water partition coefficient (Wildman–Crippen LogP) is 1.86. The maximum Gasteiger partial charge on any atom is 0.226 e. The molecule has 6 heteroatoms. The molecule has 0 radical (unpaired) electrons. The van der Waals surface area contributed by atoms with Crippen LogP contribution in [0.3, 0.4) is 0 Å². The van der Waals surface area contributed by atoms with Crippen LogP contribution in [0.5, 0.6) is 0 Å². The molecule has 2 fully saturated rings. The number of morpholine rings is 1. The first-order valence-corrected chi connectivity index (χ1v) is 9.87. The van der Waals surface area contributed by atoms with Crippen LogP contribution in [0.2, 0.25) is 0 Å². The van der Waals surface area contributed by atoms with Gasteiger partial charge in [0.2, 0.25) is 5.91 Å². The van der Waals surface area contributed by atoms with Crippen molar-refractivity contribution in [3.05, 3.63) is 29.3 Å². The predicted molar refractivity (Wildman–Crippen MR) is 99.6 cm³/mol. The molecule has 2 saturated heterocycles. The van der Waals surface area contributed by atoms with Gasteiger partial charge in [0.05, 0.1) is 13.2 Å². The van der Waals surface area contributed by atoms with E-state index in [4.69, 9.17) is 4.74 Å². The van der Waals surface area contributed by atoms with Gasteiger partial charge in [0.15, 0.2) is 0 Å². The van der Waals surface area contributed by atoms with Crippen molar-refractivity contribution in [1.82, 2.24) is 10.2 Å². The molecule has 1 aromatic rings. The van der Waals surface area contributed by atoms with Crippen molar-refractivity contribution in [2.75, 3.05) is 49.7 Å². The van der Waals surface area contributed by atoms with Crippen molar-refractivity contribution in [3.8, 4) is 0 Å². The molecule has 3 rings (SSSR count). The summed E-state index contributed by atoms with van der Waals surface area (Å²) in [6.07, 6.45) is 0.451. The summed E-state index contributed by atoms with van der Waals surface area (Å²) in [4.78, 5) is 14.8. The Hall–Kier alpha value is -1.08. The van der Waals surface area contributed by atoms with Gasteiger partial charge in [0.1, 0.15) is 0 Å². The number of rotatable bonds is 5. The lowest BCUT2D eigenvalue weighted by molar-refractivity contribution is -0.117. The monoisotopic (exact) mass is 349 g/mol. The largest absolute Gasteiger partial charge is 0.378 e. The molecule has 2 N–H and O–H groups in total. The van der Waals surface area contributed by atoms with E-state index in [0.717, 1.165) is 38.5 Å². The molecule has 0 spiro atoms. The van der Waals surface area contributed by atoms with Crippen molar-refractivity contribution in [3.63, 3.8) is 0 Å². The second-order valence-corrected chi connectivity index (χ2v) is 7.68. The maximum atomic E-state index is 12.3. The number of nitrogens with zero attached hydrogens (tertiary/aromatic N) is 1. The zero-order valence-electron chi connectivity index (χ0n) is 14.3. The average Bonchev–Trinajstić information content (AvgIpc) is 2.60. The van der Waals surface area contributed by atoms with Crippen LogP contribution in [0.15, 0.2) is 18.2 Å². The van der Waals surface area contributed by atoms with E-state index >= 15 is 0 Å². The van der Waals surface area contributed by atoms with Crippen LogP contribution in [0.4, 0.5) is 5.69 Å². The van der Waals surface area contributed by atoms with Crippen molar-refractivity contribution >= 4 is 23.4 Å². The quantitative estimate of drug-likeness (QED) is 0.850. The summed E-state index contributed by atoms with van der Waals surface area (Å²) in [6.45, 7) is 7.52. The van der Waals surface area contributed by atoms with Crippen molar-refractivity contribution in [2.24, 2.45) is 0 Å². The summed E-state index contributed by atoms with van der Waals surface area (Å²) in [5.41, 5.74) is 3.41. The van der Waals surface area contributed by atoms with Gasteiger partial charge >= 0.3 is 0 Å². The molecule has 0 bridgehead atoms. The van der Waals surface area contributed by atoms with E-state index < -0.39 is 0 Å². The van der Waals surface area contributed by atoms with Gasteiger partial charge in [0, 0.05) is 55.8 Å². The minimum Gasteiger partial charge on any atom is -0.378 e. The zero-order chi connectivity index (χ0) is 16.8. The van der Waals surface area contributed by atoms with E-state index in [2.05, 4.69) is 28.5 Å². The third kappa shape index (κ3) is 4.96. The van der Waals surface area contributed by atoms with Crippen molar-refractivity contribution < 1.29 is 9.53 Å². The third-order valence-corrected chi connectivity index (χ3v) is 5.59. The molecule has 1 atom stereocenters. The van der Waals surface area contributed by atoms with E-state index in [1.807, 2.05) is 23.9 Å². The van der Waals surface area contributed by atoms with Gasteiger partial charge in [-0.2, -0.15) is 11.8 Å². The molecule has 2 aliphatic heterocycles. The first kappa shape index (κ1) is 17.7. The number of amides is 1. The Labute approximate surface area is 148 Å². The summed E-state index contributed by atoms with van der Waals surface area (Å²) >= 11 is 2.03. The smallest absolute Gasteiger partial charge is 0.226 e. The number of hydrogen-bond acceptors (Lipinski definition) is 5. The van der Waals surface area contributed by atoms with Crippen LogP contribution < -0.4 is 10.6 Å². The molecule has 0 saturated carbocycles. The van der Waals surface area contributed by atoms with Crippen LogP contribution in [0, 0.1) is 6.92 Å². The van der Waals surface area contributed by atoms with E-state index in [-0.39, 0.29) is 11.9 Å². The molecule has 2 heterocycles. The molecular formula is C18H27N3O2S. The van der Waals surface area contributed by atoms with Gasteiger partial charge in [0.25, 0.3) is 0 Å². The van der Waals surface area contributed by atoms with Crippen LogP contribution in [0.1, 0.15) is 17.5 Å². The summed E-state index contributed by atoms with van der Waals surface area (Å²) < 4.78 is 5.41. The zero-order valence-corrected chi connectivity index (χ0v) is 15.2. The molecule has 1 aromatic carbocycles. The topological polar surface area (TPSA) is 53.6 Å². The summed E-state index contributed by atoms with van der Waals surface area (Å²) in [5, 5.41) is 6.40. The minimum absolute atomic E-state index is 0.0487. The van der Waals surface area contributed by atoms with Crippen molar-refractivity contribution in [2.45, 2.75) is 25.9 Å². The van der Waals surface area contributed by atoms with Gasteiger partial charge in [-0.3, -0.25) is 9.69 Å². The molecule has 24 heavy (non-hydrogen) atoms. The van der Waals surface area contributed by atoms with Gasteiger partial charge in [-0.15, -0.1) is 0 Å². The normalized spacial score (nSPS) is 22.3. The van der Waals surface area contributed by atoms with Crippen LogP contribution in [-0.2, 0) is 16.1 Å².